The largest absolute Gasteiger partial charge is 0.463 e. The predicted molar refractivity (Wildman–Crippen MR) is 135 cm³/mol. The Morgan fingerprint density at radius 3 is 1.29 bits per heavy atom. The first-order valence-corrected chi connectivity index (χ1v) is 14.0. The summed E-state index contributed by atoms with van der Waals surface area (Å²) in [5, 5.41) is 0. The van der Waals surface area contributed by atoms with Crippen molar-refractivity contribution in [3.63, 3.8) is 0 Å². The van der Waals surface area contributed by atoms with Crippen LogP contribution in [0.5, 0.6) is 0 Å². The molecule has 0 radical (unpaired) electrons. The molecular formula is C28H56O3. The van der Waals surface area contributed by atoms with Crippen LogP contribution in [0, 0.1) is 0 Å². The first kappa shape index (κ1) is 30.4. The van der Waals surface area contributed by atoms with Crippen molar-refractivity contribution in [2.45, 2.75) is 155 Å². The highest BCUT2D eigenvalue weighted by atomic mass is 16.6. The molecule has 31 heavy (non-hydrogen) atoms. The van der Waals surface area contributed by atoms with Crippen molar-refractivity contribution in [1.29, 1.82) is 0 Å². The lowest BCUT2D eigenvalue weighted by Crippen LogP contribution is -2.10. The minimum absolute atomic E-state index is 0.0567. The van der Waals surface area contributed by atoms with Gasteiger partial charge in [0.25, 0.3) is 0 Å². The fraction of sp³-hybridized carbons (Fsp3) is 0.964. The second-order valence-electron chi connectivity index (χ2n) is 9.30. The van der Waals surface area contributed by atoms with Crippen molar-refractivity contribution in [2.75, 3.05) is 19.8 Å². The van der Waals surface area contributed by atoms with Crippen LogP contribution in [-0.2, 0) is 14.3 Å². The molecule has 0 atom stereocenters. The van der Waals surface area contributed by atoms with Gasteiger partial charge in [0.1, 0.15) is 6.61 Å². The Balaban J connectivity index is 3.14. The summed E-state index contributed by atoms with van der Waals surface area (Å²) in [6, 6.07) is 0. The maximum atomic E-state index is 11.7. The highest BCUT2D eigenvalue weighted by Gasteiger charge is 2.02. The molecule has 0 aromatic rings. The molecule has 0 spiro atoms. The van der Waals surface area contributed by atoms with Gasteiger partial charge in [-0.25, -0.2) is 0 Å². The number of carbonyl (C=O) groups excluding carboxylic acids is 1. The first-order valence-electron chi connectivity index (χ1n) is 14.0. The number of hydrogen-bond acceptors (Lipinski definition) is 3. The van der Waals surface area contributed by atoms with E-state index in [1.165, 1.54) is 116 Å². The lowest BCUT2D eigenvalue weighted by molar-refractivity contribution is -0.145. The van der Waals surface area contributed by atoms with E-state index >= 15 is 0 Å². The smallest absolute Gasteiger partial charge is 0.305 e. The van der Waals surface area contributed by atoms with Crippen LogP contribution in [0.25, 0.3) is 0 Å². The van der Waals surface area contributed by atoms with Crippen LogP contribution in [0.3, 0.4) is 0 Å². The van der Waals surface area contributed by atoms with Crippen molar-refractivity contribution in [3.05, 3.63) is 0 Å². The second kappa shape index (κ2) is 27.5. The number of hydrogen-bond donors (Lipinski definition) is 0. The Bertz CT molecular complexity index is 343. The average Bonchev–Trinajstić information content (AvgIpc) is 2.77. The molecule has 0 rings (SSSR count). The quantitative estimate of drug-likeness (QED) is 0.0993. The third-order valence-electron chi connectivity index (χ3n) is 6.12. The van der Waals surface area contributed by atoms with Gasteiger partial charge in [0.05, 0.1) is 6.61 Å². The number of carbonyl (C=O) groups is 1. The molecule has 0 N–H and O–H groups in total. The van der Waals surface area contributed by atoms with E-state index in [2.05, 4.69) is 13.8 Å². The zero-order valence-corrected chi connectivity index (χ0v) is 21.4. The molecular weight excluding hydrogens is 384 g/mol. The second-order valence-corrected chi connectivity index (χ2v) is 9.30. The molecule has 3 heteroatoms. The molecule has 0 aromatic heterocycles. The average molecular weight is 441 g/mol. The van der Waals surface area contributed by atoms with E-state index in [4.69, 9.17) is 9.47 Å². The van der Waals surface area contributed by atoms with Crippen LogP contribution in [0.1, 0.15) is 155 Å². The summed E-state index contributed by atoms with van der Waals surface area (Å²) >= 11 is 0. The molecule has 0 bridgehead atoms. The van der Waals surface area contributed by atoms with Gasteiger partial charge in [-0.15, -0.1) is 0 Å². The van der Waals surface area contributed by atoms with E-state index in [1.807, 2.05) is 0 Å². The minimum atomic E-state index is -0.0567. The summed E-state index contributed by atoms with van der Waals surface area (Å²) in [6.07, 6.45) is 28.3. The Hall–Kier alpha value is -0.570. The fourth-order valence-electron chi connectivity index (χ4n) is 4.01. The Morgan fingerprint density at radius 1 is 0.452 bits per heavy atom. The molecule has 0 aliphatic heterocycles. The van der Waals surface area contributed by atoms with E-state index in [-0.39, 0.29) is 5.97 Å². The monoisotopic (exact) mass is 440 g/mol. The fourth-order valence-corrected chi connectivity index (χ4v) is 4.01. The maximum Gasteiger partial charge on any atom is 0.305 e. The third kappa shape index (κ3) is 27.4. The maximum absolute atomic E-state index is 11.7. The third-order valence-corrected chi connectivity index (χ3v) is 6.12. The Morgan fingerprint density at radius 2 is 0.839 bits per heavy atom. The van der Waals surface area contributed by atoms with Gasteiger partial charge >= 0.3 is 5.97 Å². The summed E-state index contributed by atoms with van der Waals surface area (Å²) in [5.41, 5.74) is 0. The highest BCUT2D eigenvalue weighted by Crippen LogP contribution is 2.13. The number of esters is 1. The lowest BCUT2D eigenvalue weighted by Gasteiger charge is -2.07. The van der Waals surface area contributed by atoms with E-state index in [1.54, 1.807) is 0 Å². The normalized spacial score (nSPS) is 11.2. The zero-order valence-electron chi connectivity index (χ0n) is 21.4. The SMILES string of the molecule is CCCCCCCCCCCCCCCC(=O)OCCOCCCCCCCCCC. The lowest BCUT2D eigenvalue weighted by atomic mass is 10.0. The van der Waals surface area contributed by atoms with Crippen LogP contribution in [-0.4, -0.2) is 25.8 Å². The first-order chi connectivity index (χ1) is 15.3. The molecule has 0 saturated carbocycles. The van der Waals surface area contributed by atoms with Gasteiger partial charge in [0.2, 0.25) is 0 Å². The molecule has 3 nitrogen and oxygen atoms in total. The summed E-state index contributed by atoms with van der Waals surface area (Å²) in [4.78, 5) is 11.7. The molecule has 0 saturated heterocycles. The molecule has 0 aliphatic carbocycles. The van der Waals surface area contributed by atoms with E-state index in [0.29, 0.717) is 19.6 Å². The summed E-state index contributed by atoms with van der Waals surface area (Å²) < 4.78 is 10.8. The predicted octanol–water partition coefficient (Wildman–Crippen LogP) is 9.17. The zero-order chi connectivity index (χ0) is 22.7. The molecule has 0 amide bonds. The molecule has 0 aliphatic rings. The Labute approximate surface area is 195 Å². The Kier molecular flexibility index (Phi) is 27.0. The van der Waals surface area contributed by atoms with Gasteiger partial charge in [-0.2, -0.15) is 0 Å². The van der Waals surface area contributed by atoms with Crippen molar-refractivity contribution in [2.24, 2.45) is 0 Å². The molecule has 0 unspecified atom stereocenters. The van der Waals surface area contributed by atoms with E-state index in [9.17, 15) is 4.79 Å². The van der Waals surface area contributed by atoms with Crippen LogP contribution >= 0.6 is 0 Å². The highest BCUT2D eigenvalue weighted by molar-refractivity contribution is 5.69. The van der Waals surface area contributed by atoms with Crippen LogP contribution < -0.4 is 0 Å². The van der Waals surface area contributed by atoms with Crippen LogP contribution in [0.2, 0.25) is 0 Å². The van der Waals surface area contributed by atoms with Crippen molar-refractivity contribution in [3.8, 4) is 0 Å². The van der Waals surface area contributed by atoms with Crippen LogP contribution in [0.15, 0.2) is 0 Å². The van der Waals surface area contributed by atoms with Gasteiger partial charge in [0.15, 0.2) is 0 Å². The molecule has 0 fully saturated rings. The van der Waals surface area contributed by atoms with Crippen molar-refractivity contribution >= 4 is 5.97 Å². The van der Waals surface area contributed by atoms with E-state index in [0.717, 1.165) is 25.9 Å². The summed E-state index contributed by atoms with van der Waals surface area (Å²) in [5.74, 6) is -0.0567. The standard InChI is InChI=1S/C28H56O3/c1-3-5-7-9-11-13-14-15-16-17-18-20-22-24-28(29)31-27-26-30-25-23-21-19-12-10-8-6-4-2/h3-27H2,1-2H3. The van der Waals surface area contributed by atoms with Gasteiger partial charge in [-0.1, -0.05) is 136 Å². The molecule has 186 valence electrons. The molecule has 0 heterocycles. The number of ether oxygens (including phenoxy) is 2. The minimum Gasteiger partial charge on any atom is -0.463 e. The summed E-state index contributed by atoms with van der Waals surface area (Å²) in [6.45, 7) is 6.28. The van der Waals surface area contributed by atoms with E-state index < -0.39 is 0 Å². The van der Waals surface area contributed by atoms with Gasteiger partial charge in [0, 0.05) is 13.0 Å². The summed E-state index contributed by atoms with van der Waals surface area (Å²) in [7, 11) is 0. The van der Waals surface area contributed by atoms with Crippen molar-refractivity contribution in [1.82, 2.24) is 0 Å². The van der Waals surface area contributed by atoms with Gasteiger partial charge < -0.3 is 9.47 Å². The number of rotatable bonds is 26. The van der Waals surface area contributed by atoms with Crippen LogP contribution in [0.4, 0.5) is 0 Å². The number of unbranched alkanes of at least 4 members (excludes halogenated alkanes) is 19. The van der Waals surface area contributed by atoms with Gasteiger partial charge in [-0.05, 0) is 12.8 Å². The van der Waals surface area contributed by atoms with Gasteiger partial charge in [-0.3, -0.25) is 4.79 Å². The van der Waals surface area contributed by atoms with Crippen molar-refractivity contribution < 1.29 is 14.3 Å². The topological polar surface area (TPSA) is 35.5 Å². The molecule has 0 aromatic carbocycles.